The van der Waals surface area contributed by atoms with Gasteiger partial charge in [0.05, 0.1) is 0 Å². The van der Waals surface area contributed by atoms with E-state index in [4.69, 9.17) is 0 Å². The van der Waals surface area contributed by atoms with Crippen LogP contribution in [-0.2, 0) is 19.4 Å². The summed E-state index contributed by atoms with van der Waals surface area (Å²) in [7, 11) is 0. The van der Waals surface area contributed by atoms with Crippen LogP contribution >= 0.6 is 0 Å². The third-order valence-corrected chi connectivity index (χ3v) is 4.15. The summed E-state index contributed by atoms with van der Waals surface area (Å²) in [6.45, 7) is 10.7. The normalized spacial score (nSPS) is 20.5. The van der Waals surface area contributed by atoms with Gasteiger partial charge < -0.3 is 0 Å². The van der Waals surface area contributed by atoms with E-state index in [-0.39, 0.29) is 0 Å². The Bertz CT molecular complexity index is 383. The maximum atomic E-state index is 2.62. The van der Waals surface area contributed by atoms with Crippen molar-refractivity contribution in [3.8, 4) is 0 Å². The molecule has 1 aliphatic heterocycles. The Morgan fingerprint density at radius 2 is 2.00 bits per heavy atom. The average molecular weight is 245 g/mol. The van der Waals surface area contributed by atoms with E-state index in [1.807, 2.05) is 0 Å². The van der Waals surface area contributed by atoms with Crippen LogP contribution in [0.15, 0.2) is 18.2 Å². The molecule has 0 amide bonds. The quantitative estimate of drug-likeness (QED) is 0.756. The van der Waals surface area contributed by atoms with Gasteiger partial charge in [0.1, 0.15) is 0 Å². The Labute approximate surface area is 112 Å². The molecule has 2 rings (SSSR count). The number of hydrogen-bond donors (Lipinski definition) is 0. The second-order valence-electron chi connectivity index (χ2n) is 5.79. The van der Waals surface area contributed by atoms with Gasteiger partial charge in [0.15, 0.2) is 0 Å². The monoisotopic (exact) mass is 245 g/mol. The molecule has 0 aromatic heterocycles. The first-order valence-electron chi connectivity index (χ1n) is 7.56. The van der Waals surface area contributed by atoms with Gasteiger partial charge in [-0.05, 0) is 48.4 Å². The highest BCUT2D eigenvalue weighted by Gasteiger charge is 2.19. The van der Waals surface area contributed by atoms with Gasteiger partial charge in [0, 0.05) is 13.1 Å². The number of aryl methyl sites for hydroxylation is 1. The number of nitrogens with zero attached hydrogens (tertiary/aromatic N) is 1. The van der Waals surface area contributed by atoms with E-state index in [2.05, 4.69) is 43.9 Å². The lowest BCUT2D eigenvalue weighted by Crippen LogP contribution is -2.20. The van der Waals surface area contributed by atoms with Gasteiger partial charge in [-0.3, -0.25) is 4.90 Å². The second-order valence-corrected chi connectivity index (χ2v) is 5.79. The first-order valence-corrected chi connectivity index (χ1v) is 7.56. The van der Waals surface area contributed by atoms with Crippen molar-refractivity contribution in [3.05, 3.63) is 34.9 Å². The number of benzene rings is 1. The molecule has 1 unspecified atom stereocenters. The van der Waals surface area contributed by atoms with Crippen LogP contribution < -0.4 is 0 Å². The summed E-state index contributed by atoms with van der Waals surface area (Å²) >= 11 is 0. The molecule has 100 valence electrons. The molecule has 1 nitrogen and oxygen atoms in total. The standard InChI is InChI=1S/C17H27N/c1-4-7-17-15(5-2)8-6-9-16(17)13-18-11-10-14(3)12-18/h6,8-9,14H,4-5,7,10-13H2,1-3H3. The molecule has 1 aromatic rings. The van der Waals surface area contributed by atoms with Gasteiger partial charge in [-0.15, -0.1) is 0 Å². The minimum atomic E-state index is 0.883. The summed E-state index contributed by atoms with van der Waals surface area (Å²) < 4.78 is 0. The van der Waals surface area contributed by atoms with Gasteiger partial charge in [-0.1, -0.05) is 45.4 Å². The van der Waals surface area contributed by atoms with E-state index in [1.54, 1.807) is 16.7 Å². The Hall–Kier alpha value is -0.820. The minimum absolute atomic E-state index is 0.883. The second kappa shape index (κ2) is 6.38. The van der Waals surface area contributed by atoms with Crippen molar-refractivity contribution in [2.45, 2.75) is 53.0 Å². The largest absolute Gasteiger partial charge is 0.299 e. The van der Waals surface area contributed by atoms with Crippen LogP contribution in [0.1, 0.15) is 50.3 Å². The fraction of sp³-hybridized carbons (Fsp3) is 0.647. The summed E-state index contributed by atoms with van der Waals surface area (Å²) in [6, 6.07) is 6.89. The maximum absolute atomic E-state index is 2.62. The zero-order chi connectivity index (χ0) is 13.0. The van der Waals surface area contributed by atoms with Crippen molar-refractivity contribution in [2.75, 3.05) is 13.1 Å². The predicted octanol–water partition coefficient (Wildman–Crippen LogP) is 4.04. The molecule has 1 fully saturated rings. The fourth-order valence-electron chi connectivity index (χ4n) is 3.15. The zero-order valence-corrected chi connectivity index (χ0v) is 12.2. The van der Waals surface area contributed by atoms with Gasteiger partial charge >= 0.3 is 0 Å². The molecular weight excluding hydrogens is 218 g/mol. The smallest absolute Gasteiger partial charge is 0.0236 e. The van der Waals surface area contributed by atoms with Gasteiger partial charge in [0.2, 0.25) is 0 Å². The predicted molar refractivity (Wildman–Crippen MR) is 78.9 cm³/mol. The molecule has 1 heteroatoms. The SMILES string of the molecule is CCCc1c(CC)cccc1CN1CCC(C)C1. The number of likely N-dealkylation sites (tertiary alicyclic amines) is 1. The summed E-state index contributed by atoms with van der Waals surface area (Å²) in [5.41, 5.74) is 4.76. The first-order chi connectivity index (χ1) is 8.74. The Kier molecular flexibility index (Phi) is 4.82. The summed E-state index contributed by atoms with van der Waals surface area (Å²) in [4.78, 5) is 2.62. The molecule has 1 atom stereocenters. The van der Waals surface area contributed by atoms with E-state index >= 15 is 0 Å². The molecule has 0 radical (unpaired) electrons. The average Bonchev–Trinajstić information content (AvgIpc) is 2.77. The van der Waals surface area contributed by atoms with Gasteiger partial charge in [-0.2, -0.15) is 0 Å². The third kappa shape index (κ3) is 3.14. The number of rotatable bonds is 5. The molecule has 1 aliphatic rings. The van der Waals surface area contributed by atoms with Gasteiger partial charge in [-0.25, -0.2) is 0 Å². The van der Waals surface area contributed by atoms with E-state index < -0.39 is 0 Å². The Balaban J connectivity index is 2.15. The van der Waals surface area contributed by atoms with Crippen molar-refractivity contribution in [1.29, 1.82) is 0 Å². The van der Waals surface area contributed by atoms with E-state index in [0.717, 1.165) is 12.5 Å². The lowest BCUT2D eigenvalue weighted by Gasteiger charge is -2.20. The molecule has 18 heavy (non-hydrogen) atoms. The van der Waals surface area contributed by atoms with Gasteiger partial charge in [0.25, 0.3) is 0 Å². The van der Waals surface area contributed by atoms with Crippen LogP contribution in [0, 0.1) is 5.92 Å². The van der Waals surface area contributed by atoms with Crippen LogP contribution in [0.5, 0.6) is 0 Å². The minimum Gasteiger partial charge on any atom is -0.299 e. The molecule has 0 N–H and O–H groups in total. The van der Waals surface area contributed by atoms with Crippen molar-refractivity contribution < 1.29 is 0 Å². The summed E-state index contributed by atoms with van der Waals surface area (Å²) in [6.07, 6.45) is 5.03. The van der Waals surface area contributed by atoms with Crippen LogP contribution in [0.3, 0.4) is 0 Å². The van der Waals surface area contributed by atoms with Crippen LogP contribution in [0.25, 0.3) is 0 Å². The van der Waals surface area contributed by atoms with Crippen LogP contribution in [0.2, 0.25) is 0 Å². The Morgan fingerprint density at radius 3 is 2.61 bits per heavy atom. The lowest BCUT2D eigenvalue weighted by atomic mass is 9.95. The van der Waals surface area contributed by atoms with Crippen LogP contribution in [0.4, 0.5) is 0 Å². The zero-order valence-electron chi connectivity index (χ0n) is 12.2. The highest BCUT2D eigenvalue weighted by molar-refractivity contribution is 5.35. The third-order valence-electron chi connectivity index (χ3n) is 4.15. The molecule has 0 bridgehead atoms. The highest BCUT2D eigenvalue weighted by atomic mass is 15.1. The maximum Gasteiger partial charge on any atom is 0.0236 e. The van der Waals surface area contributed by atoms with Crippen molar-refractivity contribution in [1.82, 2.24) is 4.90 Å². The van der Waals surface area contributed by atoms with E-state index in [1.165, 1.54) is 38.8 Å². The van der Waals surface area contributed by atoms with Crippen molar-refractivity contribution in [2.24, 2.45) is 5.92 Å². The fourth-order valence-corrected chi connectivity index (χ4v) is 3.15. The van der Waals surface area contributed by atoms with Crippen molar-refractivity contribution >= 4 is 0 Å². The van der Waals surface area contributed by atoms with Crippen molar-refractivity contribution in [3.63, 3.8) is 0 Å². The molecule has 0 saturated carbocycles. The first kappa shape index (κ1) is 13.6. The topological polar surface area (TPSA) is 3.24 Å². The molecule has 1 saturated heterocycles. The number of hydrogen-bond acceptors (Lipinski definition) is 1. The molecule has 0 aliphatic carbocycles. The van der Waals surface area contributed by atoms with E-state index in [9.17, 15) is 0 Å². The Morgan fingerprint density at radius 1 is 1.22 bits per heavy atom. The van der Waals surface area contributed by atoms with Crippen LogP contribution in [-0.4, -0.2) is 18.0 Å². The molecule has 1 aromatic carbocycles. The molecular formula is C17H27N. The highest BCUT2D eigenvalue weighted by Crippen LogP contribution is 2.23. The lowest BCUT2D eigenvalue weighted by molar-refractivity contribution is 0.319. The summed E-state index contributed by atoms with van der Waals surface area (Å²) in [5, 5.41) is 0. The van der Waals surface area contributed by atoms with E-state index in [0.29, 0.717) is 0 Å². The summed E-state index contributed by atoms with van der Waals surface area (Å²) in [5.74, 6) is 0.883. The molecule has 1 heterocycles. The molecule has 0 spiro atoms.